The van der Waals surface area contributed by atoms with Crippen molar-refractivity contribution in [3.05, 3.63) is 47.3 Å². The fourth-order valence-electron chi connectivity index (χ4n) is 2.23. The standard InChI is InChI=1S/C15H16F3N3/c1-10-11(8-19-13-5-6-13)9-20-21(10)14-4-2-3-12(7-14)15(16,17)18/h2-4,7,9,13,19H,5-6,8H2,1H3. The van der Waals surface area contributed by atoms with Crippen molar-refractivity contribution in [1.29, 1.82) is 0 Å². The molecule has 3 nitrogen and oxygen atoms in total. The highest BCUT2D eigenvalue weighted by molar-refractivity contribution is 5.39. The Morgan fingerprint density at radius 3 is 2.76 bits per heavy atom. The average molecular weight is 295 g/mol. The van der Waals surface area contributed by atoms with Gasteiger partial charge in [0.15, 0.2) is 0 Å². The third-order valence-electron chi connectivity index (χ3n) is 3.69. The molecular formula is C15H16F3N3. The van der Waals surface area contributed by atoms with Gasteiger partial charge in [-0.3, -0.25) is 0 Å². The molecule has 0 bridgehead atoms. The predicted octanol–water partition coefficient (Wildman–Crippen LogP) is 3.45. The van der Waals surface area contributed by atoms with E-state index in [1.807, 2.05) is 6.92 Å². The van der Waals surface area contributed by atoms with Crippen molar-refractivity contribution in [2.45, 2.75) is 38.5 Å². The molecular weight excluding hydrogens is 279 g/mol. The van der Waals surface area contributed by atoms with Gasteiger partial charge in [-0.15, -0.1) is 0 Å². The van der Waals surface area contributed by atoms with Gasteiger partial charge in [-0.2, -0.15) is 18.3 Å². The molecule has 112 valence electrons. The summed E-state index contributed by atoms with van der Waals surface area (Å²) in [5.41, 5.74) is 1.65. The molecule has 0 amide bonds. The van der Waals surface area contributed by atoms with E-state index in [2.05, 4.69) is 10.4 Å². The van der Waals surface area contributed by atoms with Gasteiger partial charge in [0.25, 0.3) is 0 Å². The molecule has 3 rings (SSSR count). The molecule has 1 saturated carbocycles. The van der Waals surface area contributed by atoms with Crippen LogP contribution < -0.4 is 5.32 Å². The van der Waals surface area contributed by atoms with Gasteiger partial charge in [0, 0.05) is 23.8 Å². The maximum Gasteiger partial charge on any atom is 0.416 e. The molecule has 1 aliphatic rings. The number of hydrogen-bond donors (Lipinski definition) is 1. The number of hydrogen-bond acceptors (Lipinski definition) is 2. The zero-order valence-corrected chi connectivity index (χ0v) is 11.6. The van der Waals surface area contributed by atoms with E-state index >= 15 is 0 Å². The predicted molar refractivity (Wildman–Crippen MR) is 73.2 cm³/mol. The maximum atomic E-state index is 12.8. The van der Waals surface area contributed by atoms with Crippen LogP contribution in [0.1, 0.15) is 29.7 Å². The van der Waals surface area contributed by atoms with Crippen LogP contribution in [-0.4, -0.2) is 15.8 Å². The fourth-order valence-corrected chi connectivity index (χ4v) is 2.23. The summed E-state index contributed by atoms with van der Waals surface area (Å²) in [4.78, 5) is 0. The highest BCUT2D eigenvalue weighted by Crippen LogP contribution is 2.30. The lowest BCUT2D eigenvalue weighted by molar-refractivity contribution is -0.137. The molecule has 0 aliphatic heterocycles. The third kappa shape index (κ3) is 3.10. The molecule has 0 radical (unpaired) electrons. The number of nitrogens with one attached hydrogen (secondary N) is 1. The zero-order chi connectivity index (χ0) is 15.0. The Balaban J connectivity index is 1.86. The topological polar surface area (TPSA) is 29.9 Å². The SMILES string of the molecule is Cc1c(CNC2CC2)cnn1-c1cccc(C(F)(F)F)c1. The average Bonchev–Trinajstić information content (AvgIpc) is 3.19. The minimum Gasteiger partial charge on any atom is -0.310 e. The summed E-state index contributed by atoms with van der Waals surface area (Å²) in [6.07, 6.45) is -0.236. The van der Waals surface area contributed by atoms with Crippen molar-refractivity contribution < 1.29 is 13.2 Å². The van der Waals surface area contributed by atoms with Crippen molar-refractivity contribution in [2.75, 3.05) is 0 Å². The van der Waals surface area contributed by atoms with Gasteiger partial charge in [-0.25, -0.2) is 4.68 Å². The first-order valence-corrected chi connectivity index (χ1v) is 6.89. The highest BCUT2D eigenvalue weighted by atomic mass is 19.4. The van der Waals surface area contributed by atoms with Crippen molar-refractivity contribution in [3.8, 4) is 5.69 Å². The number of halogens is 3. The van der Waals surface area contributed by atoms with Crippen LogP contribution in [0.4, 0.5) is 13.2 Å². The summed E-state index contributed by atoms with van der Waals surface area (Å²) in [6.45, 7) is 2.58. The Labute approximate surface area is 120 Å². The molecule has 0 unspecified atom stereocenters. The summed E-state index contributed by atoms with van der Waals surface area (Å²) >= 11 is 0. The number of nitrogens with zero attached hydrogens (tertiary/aromatic N) is 2. The van der Waals surface area contributed by atoms with Crippen molar-refractivity contribution in [2.24, 2.45) is 0 Å². The van der Waals surface area contributed by atoms with E-state index in [9.17, 15) is 13.2 Å². The second-order valence-electron chi connectivity index (χ2n) is 5.37. The molecule has 1 aromatic heterocycles. The van der Waals surface area contributed by atoms with E-state index in [0.29, 0.717) is 18.3 Å². The smallest absolute Gasteiger partial charge is 0.310 e. The van der Waals surface area contributed by atoms with E-state index in [0.717, 1.165) is 23.4 Å². The molecule has 0 atom stereocenters. The molecule has 1 heterocycles. The van der Waals surface area contributed by atoms with Crippen LogP contribution in [0, 0.1) is 6.92 Å². The molecule has 0 saturated heterocycles. The van der Waals surface area contributed by atoms with Crippen LogP contribution in [0.25, 0.3) is 5.69 Å². The van der Waals surface area contributed by atoms with Gasteiger partial charge < -0.3 is 5.32 Å². The Hall–Kier alpha value is -1.82. The van der Waals surface area contributed by atoms with Gasteiger partial charge in [0.2, 0.25) is 0 Å². The second kappa shape index (κ2) is 5.18. The van der Waals surface area contributed by atoms with Crippen LogP contribution >= 0.6 is 0 Å². The lowest BCUT2D eigenvalue weighted by Crippen LogP contribution is -2.15. The van der Waals surface area contributed by atoms with Gasteiger partial charge in [0.1, 0.15) is 0 Å². The van der Waals surface area contributed by atoms with Gasteiger partial charge >= 0.3 is 6.18 Å². The Kier molecular flexibility index (Phi) is 3.49. The van der Waals surface area contributed by atoms with Crippen LogP contribution in [0.5, 0.6) is 0 Å². The Morgan fingerprint density at radius 2 is 2.10 bits per heavy atom. The largest absolute Gasteiger partial charge is 0.416 e. The Bertz CT molecular complexity index is 642. The van der Waals surface area contributed by atoms with Crippen molar-refractivity contribution >= 4 is 0 Å². The summed E-state index contributed by atoms with van der Waals surface area (Å²) < 4.78 is 39.9. The molecule has 6 heteroatoms. The van der Waals surface area contributed by atoms with E-state index in [1.165, 1.54) is 18.9 Å². The van der Waals surface area contributed by atoms with Crippen LogP contribution in [0.2, 0.25) is 0 Å². The van der Waals surface area contributed by atoms with Crippen molar-refractivity contribution in [1.82, 2.24) is 15.1 Å². The normalized spacial score (nSPS) is 15.4. The zero-order valence-electron chi connectivity index (χ0n) is 11.6. The van der Waals surface area contributed by atoms with E-state index in [1.54, 1.807) is 16.9 Å². The maximum absolute atomic E-state index is 12.8. The van der Waals surface area contributed by atoms with Crippen LogP contribution in [0.15, 0.2) is 30.5 Å². The first-order valence-electron chi connectivity index (χ1n) is 6.89. The molecule has 1 aliphatic carbocycles. The second-order valence-corrected chi connectivity index (χ2v) is 5.37. The summed E-state index contributed by atoms with van der Waals surface area (Å²) in [6, 6.07) is 5.81. The highest BCUT2D eigenvalue weighted by Gasteiger charge is 2.30. The molecule has 1 fully saturated rings. The summed E-state index contributed by atoms with van der Waals surface area (Å²) in [5, 5.41) is 7.60. The minimum absolute atomic E-state index is 0.431. The van der Waals surface area contributed by atoms with Gasteiger partial charge in [0.05, 0.1) is 17.4 Å². The van der Waals surface area contributed by atoms with E-state index < -0.39 is 11.7 Å². The van der Waals surface area contributed by atoms with E-state index in [-0.39, 0.29) is 0 Å². The number of benzene rings is 1. The fraction of sp³-hybridized carbons (Fsp3) is 0.400. The van der Waals surface area contributed by atoms with Crippen molar-refractivity contribution in [3.63, 3.8) is 0 Å². The molecule has 1 N–H and O–H groups in total. The number of rotatable bonds is 4. The molecule has 0 spiro atoms. The van der Waals surface area contributed by atoms with E-state index in [4.69, 9.17) is 0 Å². The number of alkyl halides is 3. The first-order chi connectivity index (χ1) is 9.95. The summed E-state index contributed by atoms with van der Waals surface area (Å²) in [5.74, 6) is 0. The quantitative estimate of drug-likeness (QED) is 0.936. The molecule has 2 aromatic rings. The Morgan fingerprint density at radius 1 is 1.33 bits per heavy atom. The minimum atomic E-state index is -4.34. The third-order valence-corrected chi connectivity index (χ3v) is 3.69. The molecule has 1 aromatic carbocycles. The summed E-state index contributed by atoms with van der Waals surface area (Å²) in [7, 11) is 0. The van der Waals surface area contributed by atoms with Gasteiger partial charge in [-0.1, -0.05) is 6.07 Å². The monoisotopic (exact) mass is 295 g/mol. The number of aromatic nitrogens is 2. The first kappa shape index (κ1) is 14.1. The lowest BCUT2D eigenvalue weighted by Gasteiger charge is -2.10. The van der Waals surface area contributed by atoms with Crippen LogP contribution in [0.3, 0.4) is 0 Å². The lowest BCUT2D eigenvalue weighted by atomic mass is 10.2. The molecule has 21 heavy (non-hydrogen) atoms. The van der Waals surface area contributed by atoms with Gasteiger partial charge in [-0.05, 0) is 38.0 Å². The van der Waals surface area contributed by atoms with Crippen LogP contribution in [-0.2, 0) is 12.7 Å².